The van der Waals surface area contributed by atoms with Crippen molar-refractivity contribution in [2.45, 2.75) is 44.9 Å². The second kappa shape index (κ2) is 6.59. The van der Waals surface area contributed by atoms with Crippen molar-refractivity contribution in [2.75, 3.05) is 27.2 Å². The molecule has 0 saturated carbocycles. The Balaban J connectivity index is 2.18. The Kier molecular flexibility index (Phi) is 5.17. The molecule has 0 amide bonds. The van der Waals surface area contributed by atoms with Crippen molar-refractivity contribution in [3.63, 3.8) is 0 Å². The summed E-state index contributed by atoms with van der Waals surface area (Å²) in [6, 6.07) is 4.99. The number of nitrogens with zero attached hydrogens (tertiary/aromatic N) is 2. The van der Waals surface area contributed by atoms with E-state index >= 15 is 0 Å². The summed E-state index contributed by atoms with van der Waals surface area (Å²) in [5, 5.41) is 0. The molecule has 124 valence electrons. The van der Waals surface area contributed by atoms with Crippen molar-refractivity contribution in [1.29, 1.82) is 0 Å². The molecule has 0 spiro atoms. The van der Waals surface area contributed by atoms with Crippen LogP contribution in [0.1, 0.15) is 42.9 Å². The SMILES string of the molecule is CC(C)c1cc(CN2CC[C@@H](N(C)C)C2)cc(C(F)(F)F)c1. The van der Waals surface area contributed by atoms with Crippen LogP contribution in [-0.4, -0.2) is 43.0 Å². The van der Waals surface area contributed by atoms with Crippen LogP contribution in [0.4, 0.5) is 13.2 Å². The second-order valence-electron chi connectivity index (χ2n) is 6.76. The quantitative estimate of drug-likeness (QED) is 0.830. The Bertz CT molecular complexity index is 509. The van der Waals surface area contributed by atoms with Crippen molar-refractivity contribution < 1.29 is 13.2 Å². The Hall–Kier alpha value is -1.07. The first kappa shape index (κ1) is 17.3. The highest BCUT2D eigenvalue weighted by atomic mass is 19.4. The average molecular weight is 314 g/mol. The van der Waals surface area contributed by atoms with Crippen LogP contribution in [0.15, 0.2) is 18.2 Å². The number of likely N-dealkylation sites (N-methyl/N-ethyl adjacent to an activating group) is 1. The third-order valence-electron chi connectivity index (χ3n) is 4.39. The average Bonchev–Trinajstić information content (AvgIpc) is 2.86. The molecule has 0 aliphatic carbocycles. The van der Waals surface area contributed by atoms with E-state index in [-0.39, 0.29) is 5.92 Å². The van der Waals surface area contributed by atoms with Gasteiger partial charge in [0.15, 0.2) is 0 Å². The number of hydrogen-bond acceptors (Lipinski definition) is 2. The van der Waals surface area contributed by atoms with Crippen molar-refractivity contribution in [3.8, 4) is 0 Å². The van der Waals surface area contributed by atoms with Gasteiger partial charge in [-0.1, -0.05) is 19.9 Å². The molecule has 0 radical (unpaired) electrons. The van der Waals surface area contributed by atoms with E-state index in [0.29, 0.717) is 12.6 Å². The molecule has 0 N–H and O–H groups in total. The lowest BCUT2D eigenvalue weighted by Gasteiger charge is -2.21. The first-order chi connectivity index (χ1) is 10.2. The molecule has 1 atom stereocenters. The van der Waals surface area contributed by atoms with Gasteiger partial charge in [-0.05, 0) is 49.7 Å². The summed E-state index contributed by atoms with van der Waals surface area (Å²) in [6.07, 6.45) is -3.21. The Morgan fingerprint density at radius 2 is 1.91 bits per heavy atom. The fraction of sp³-hybridized carbons (Fsp3) is 0.647. The molecule has 22 heavy (non-hydrogen) atoms. The summed E-state index contributed by atoms with van der Waals surface area (Å²) < 4.78 is 39.2. The van der Waals surface area contributed by atoms with Gasteiger partial charge in [-0.3, -0.25) is 4.90 Å². The van der Waals surface area contributed by atoms with E-state index in [0.717, 1.165) is 30.6 Å². The van der Waals surface area contributed by atoms with Crippen LogP contribution in [0, 0.1) is 0 Å². The highest BCUT2D eigenvalue weighted by molar-refractivity contribution is 5.33. The molecule has 0 unspecified atom stereocenters. The molecule has 1 heterocycles. The van der Waals surface area contributed by atoms with Crippen LogP contribution in [0.3, 0.4) is 0 Å². The van der Waals surface area contributed by atoms with Crippen molar-refractivity contribution in [3.05, 3.63) is 34.9 Å². The van der Waals surface area contributed by atoms with E-state index in [1.165, 1.54) is 12.1 Å². The van der Waals surface area contributed by atoms with Gasteiger partial charge in [-0.2, -0.15) is 13.2 Å². The molecule has 1 fully saturated rings. The predicted molar refractivity (Wildman–Crippen MR) is 82.9 cm³/mol. The molecular weight excluding hydrogens is 289 g/mol. The van der Waals surface area contributed by atoms with Crippen LogP contribution in [0.2, 0.25) is 0 Å². The first-order valence-corrected chi connectivity index (χ1v) is 7.76. The molecule has 1 saturated heterocycles. The highest BCUT2D eigenvalue weighted by Gasteiger charge is 2.32. The summed E-state index contributed by atoms with van der Waals surface area (Å²) in [7, 11) is 4.10. The van der Waals surface area contributed by atoms with Crippen LogP contribution >= 0.6 is 0 Å². The summed E-state index contributed by atoms with van der Waals surface area (Å²) in [6.45, 7) is 6.30. The maximum atomic E-state index is 13.1. The monoisotopic (exact) mass is 314 g/mol. The van der Waals surface area contributed by atoms with E-state index in [1.807, 2.05) is 19.9 Å². The zero-order chi connectivity index (χ0) is 16.5. The minimum absolute atomic E-state index is 0.0918. The van der Waals surface area contributed by atoms with Gasteiger partial charge in [0.25, 0.3) is 0 Å². The van der Waals surface area contributed by atoms with Gasteiger partial charge in [-0.15, -0.1) is 0 Å². The third kappa shape index (κ3) is 4.23. The maximum Gasteiger partial charge on any atom is 0.416 e. The van der Waals surface area contributed by atoms with E-state index < -0.39 is 11.7 Å². The van der Waals surface area contributed by atoms with Gasteiger partial charge in [0.1, 0.15) is 0 Å². The molecule has 5 heteroatoms. The molecule has 2 rings (SSSR count). The van der Waals surface area contributed by atoms with Crippen molar-refractivity contribution in [2.24, 2.45) is 0 Å². The van der Waals surface area contributed by atoms with Gasteiger partial charge >= 0.3 is 6.18 Å². The Morgan fingerprint density at radius 1 is 1.23 bits per heavy atom. The van der Waals surface area contributed by atoms with E-state index in [1.54, 1.807) is 0 Å². The summed E-state index contributed by atoms with van der Waals surface area (Å²) in [4.78, 5) is 4.43. The predicted octanol–water partition coefficient (Wildman–Crippen LogP) is 3.96. The first-order valence-electron chi connectivity index (χ1n) is 7.76. The number of hydrogen-bond donors (Lipinski definition) is 0. The third-order valence-corrected chi connectivity index (χ3v) is 4.39. The standard InChI is InChI=1S/C17H25F3N2/c1-12(2)14-7-13(8-15(9-14)17(18,19)20)10-22-6-5-16(11-22)21(3)4/h7-9,12,16H,5-6,10-11H2,1-4H3/t16-/m1/s1. The Morgan fingerprint density at radius 3 is 2.41 bits per heavy atom. The molecule has 1 aliphatic rings. The van der Waals surface area contributed by atoms with Gasteiger partial charge in [0.05, 0.1) is 5.56 Å². The second-order valence-corrected chi connectivity index (χ2v) is 6.76. The molecular formula is C17H25F3N2. The minimum atomic E-state index is -4.28. The number of rotatable bonds is 4. The topological polar surface area (TPSA) is 6.48 Å². The van der Waals surface area contributed by atoms with E-state index in [4.69, 9.17) is 0 Å². The van der Waals surface area contributed by atoms with E-state index in [9.17, 15) is 13.2 Å². The van der Waals surface area contributed by atoms with E-state index in [2.05, 4.69) is 23.9 Å². The van der Waals surface area contributed by atoms with Crippen LogP contribution in [-0.2, 0) is 12.7 Å². The lowest BCUT2D eigenvalue weighted by molar-refractivity contribution is -0.137. The molecule has 2 nitrogen and oxygen atoms in total. The number of alkyl halides is 3. The minimum Gasteiger partial charge on any atom is -0.305 e. The zero-order valence-electron chi connectivity index (χ0n) is 13.7. The van der Waals surface area contributed by atoms with Crippen molar-refractivity contribution >= 4 is 0 Å². The van der Waals surface area contributed by atoms with Gasteiger partial charge in [0.2, 0.25) is 0 Å². The molecule has 1 aromatic rings. The highest BCUT2D eigenvalue weighted by Crippen LogP contribution is 2.33. The largest absolute Gasteiger partial charge is 0.416 e. The molecule has 1 aromatic carbocycles. The molecule has 0 bridgehead atoms. The van der Waals surface area contributed by atoms with Gasteiger partial charge in [-0.25, -0.2) is 0 Å². The molecule has 0 aromatic heterocycles. The maximum absolute atomic E-state index is 13.1. The van der Waals surface area contributed by atoms with Gasteiger partial charge < -0.3 is 4.90 Å². The molecule has 1 aliphatic heterocycles. The number of halogens is 3. The van der Waals surface area contributed by atoms with Crippen LogP contribution in [0.25, 0.3) is 0 Å². The summed E-state index contributed by atoms with van der Waals surface area (Å²) in [5.74, 6) is 0.0918. The van der Waals surface area contributed by atoms with Crippen LogP contribution in [0.5, 0.6) is 0 Å². The van der Waals surface area contributed by atoms with Gasteiger partial charge in [0, 0.05) is 25.7 Å². The summed E-state index contributed by atoms with van der Waals surface area (Å²) in [5.41, 5.74) is 0.989. The van der Waals surface area contributed by atoms with Crippen molar-refractivity contribution in [1.82, 2.24) is 9.80 Å². The fourth-order valence-electron chi connectivity index (χ4n) is 2.94. The lowest BCUT2D eigenvalue weighted by Crippen LogP contribution is -2.31. The number of likely N-dealkylation sites (tertiary alicyclic amines) is 1. The van der Waals surface area contributed by atoms with Crippen LogP contribution < -0.4 is 0 Å². The Labute approximate surface area is 130 Å². The normalized spacial score (nSPS) is 20.3. The fourth-order valence-corrected chi connectivity index (χ4v) is 2.94. The number of benzene rings is 1. The lowest BCUT2D eigenvalue weighted by atomic mass is 9.97. The zero-order valence-corrected chi connectivity index (χ0v) is 13.7. The smallest absolute Gasteiger partial charge is 0.305 e. The summed E-state index contributed by atoms with van der Waals surface area (Å²) >= 11 is 0.